The molecule has 122 valence electrons. The Kier molecular flexibility index (Phi) is 4.08. The van der Waals surface area contributed by atoms with Crippen molar-refractivity contribution >= 4 is 38.3 Å². The maximum absolute atomic E-state index is 12.4. The van der Waals surface area contributed by atoms with E-state index in [0.717, 1.165) is 6.07 Å². The third kappa shape index (κ3) is 3.01. The summed E-state index contributed by atoms with van der Waals surface area (Å²) in [5.74, 6) is -0.0125. The van der Waals surface area contributed by atoms with Gasteiger partial charge in [0.15, 0.2) is 5.75 Å². The number of nitro groups is 1. The Labute approximate surface area is 141 Å². The summed E-state index contributed by atoms with van der Waals surface area (Å²) in [6.45, 7) is 0. The standard InChI is InChI=1S/C15H9ClN2O5S/c16-13-6-7-14(15-12(13)5-2-8-17-15)23-24(21,22)11-4-1-3-10(9-11)18(19)20/h1-9H. The van der Waals surface area contributed by atoms with Crippen LogP contribution >= 0.6 is 11.6 Å². The zero-order valence-corrected chi connectivity index (χ0v) is 13.5. The number of hydrogen-bond donors (Lipinski definition) is 0. The highest BCUT2D eigenvalue weighted by Gasteiger charge is 2.21. The lowest BCUT2D eigenvalue weighted by atomic mass is 10.2. The number of pyridine rings is 1. The molecule has 0 aliphatic carbocycles. The topological polar surface area (TPSA) is 99.4 Å². The van der Waals surface area contributed by atoms with Crippen LogP contribution in [0.2, 0.25) is 5.02 Å². The molecule has 0 saturated carbocycles. The first-order valence-electron chi connectivity index (χ1n) is 6.61. The van der Waals surface area contributed by atoms with Crippen LogP contribution in [-0.4, -0.2) is 18.3 Å². The number of benzene rings is 2. The van der Waals surface area contributed by atoms with Crippen LogP contribution in [0, 0.1) is 10.1 Å². The molecule has 0 aliphatic heterocycles. The maximum atomic E-state index is 12.4. The van der Waals surface area contributed by atoms with Crippen LogP contribution in [0.25, 0.3) is 10.9 Å². The van der Waals surface area contributed by atoms with Gasteiger partial charge in [-0.2, -0.15) is 8.42 Å². The molecular weight excluding hydrogens is 356 g/mol. The third-order valence-corrected chi connectivity index (χ3v) is 4.76. The van der Waals surface area contributed by atoms with Crippen molar-refractivity contribution in [3.63, 3.8) is 0 Å². The van der Waals surface area contributed by atoms with Gasteiger partial charge in [0, 0.05) is 23.7 Å². The first-order chi connectivity index (χ1) is 11.4. The maximum Gasteiger partial charge on any atom is 0.339 e. The Hall–Kier alpha value is -2.71. The Balaban J connectivity index is 2.06. The zero-order chi connectivity index (χ0) is 17.3. The van der Waals surface area contributed by atoms with Gasteiger partial charge in [0.05, 0.1) is 9.95 Å². The minimum absolute atomic E-state index is 0.0125. The van der Waals surface area contributed by atoms with E-state index in [-0.39, 0.29) is 21.8 Å². The third-order valence-electron chi connectivity index (χ3n) is 3.20. The summed E-state index contributed by atoms with van der Waals surface area (Å²) in [5.41, 5.74) is -0.0715. The fourth-order valence-corrected chi connectivity index (χ4v) is 3.29. The van der Waals surface area contributed by atoms with Crippen LogP contribution in [0.5, 0.6) is 5.75 Å². The molecule has 0 aliphatic rings. The highest BCUT2D eigenvalue weighted by atomic mass is 35.5. The molecule has 0 atom stereocenters. The van der Waals surface area contributed by atoms with E-state index in [1.165, 1.54) is 36.5 Å². The van der Waals surface area contributed by atoms with Gasteiger partial charge in [-0.3, -0.25) is 15.1 Å². The molecule has 0 fully saturated rings. The van der Waals surface area contributed by atoms with Crippen molar-refractivity contribution in [1.82, 2.24) is 4.98 Å². The molecule has 0 radical (unpaired) electrons. The lowest BCUT2D eigenvalue weighted by Crippen LogP contribution is -2.10. The van der Waals surface area contributed by atoms with E-state index in [2.05, 4.69) is 4.98 Å². The molecule has 0 unspecified atom stereocenters. The average molecular weight is 365 g/mol. The van der Waals surface area contributed by atoms with Gasteiger partial charge >= 0.3 is 10.1 Å². The molecular formula is C15H9ClN2O5S. The highest BCUT2D eigenvalue weighted by molar-refractivity contribution is 7.87. The van der Waals surface area contributed by atoms with Crippen LogP contribution in [-0.2, 0) is 10.1 Å². The van der Waals surface area contributed by atoms with E-state index in [0.29, 0.717) is 10.4 Å². The number of fused-ring (bicyclic) bond motifs is 1. The van der Waals surface area contributed by atoms with Crippen molar-refractivity contribution in [3.05, 3.63) is 69.9 Å². The summed E-state index contributed by atoms with van der Waals surface area (Å²) in [7, 11) is -4.26. The zero-order valence-electron chi connectivity index (χ0n) is 11.9. The molecule has 7 nitrogen and oxygen atoms in total. The van der Waals surface area contributed by atoms with Crippen molar-refractivity contribution < 1.29 is 17.5 Å². The van der Waals surface area contributed by atoms with E-state index >= 15 is 0 Å². The monoisotopic (exact) mass is 364 g/mol. The quantitative estimate of drug-likeness (QED) is 0.398. The molecule has 1 heterocycles. The Bertz CT molecular complexity index is 1050. The second-order valence-electron chi connectivity index (χ2n) is 4.74. The van der Waals surface area contributed by atoms with Gasteiger partial charge in [-0.05, 0) is 30.3 Å². The van der Waals surface area contributed by atoms with Gasteiger partial charge < -0.3 is 4.18 Å². The van der Waals surface area contributed by atoms with Crippen LogP contribution in [0.1, 0.15) is 0 Å². The lowest BCUT2D eigenvalue weighted by Gasteiger charge is -2.09. The van der Waals surface area contributed by atoms with Gasteiger partial charge in [0.1, 0.15) is 10.4 Å². The summed E-state index contributed by atoms with van der Waals surface area (Å²) >= 11 is 6.05. The van der Waals surface area contributed by atoms with Crippen molar-refractivity contribution in [3.8, 4) is 5.75 Å². The normalized spacial score (nSPS) is 11.4. The van der Waals surface area contributed by atoms with E-state index in [1.807, 2.05) is 0 Å². The van der Waals surface area contributed by atoms with Crippen LogP contribution < -0.4 is 4.18 Å². The van der Waals surface area contributed by atoms with Crippen LogP contribution in [0.4, 0.5) is 5.69 Å². The number of nitrogens with zero attached hydrogens (tertiary/aromatic N) is 2. The average Bonchev–Trinajstić information content (AvgIpc) is 2.58. The Morgan fingerprint density at radius 2 is 1.92 bits per heavy atom. The van der Waals surface area contributed by atoms with E-state index in [1.54, 1.807) is 12.1 Å². The van der Waals surface area contributed by atoms with Gasteiger partial charge in [-0.25, -0.2) is 0 Å². The lowest BCUT2D eigenvalue weighted by molar-refractivity contribution is -0.385. The predicted molar refractivity (Wildman–Crippen MR) is 87.7 cm³/mol. The fourth-order valence-electron chi connectivity index (χ4n) is 2.10. The molecule has 0 saturated heterocycles. The number of nitro benzene ring substituents is 1. The summed E-state index contributed by atoms with van der Waals surface area (Å²) < 4.78 is 29.9. The molecule has 2 aromatic carbocycles. The Morgan fingerprint density at radius 1 is 1.12 bits per heavy atom. The largest absolute Gasteiger partial charge is 0.377 e. The van der Waals surface area contributed by atoms with Gasteiger partial charge in [0.2, 0.25) is 0 Å². The number of non-ortho nitro benzene ring substituents is 1. The molecule has 9 heteroatoms. The molecule has 1 aromatic heterocycles. The highest BCUT2D eigenvalue weighted by Crippen LogP contribution is 2.31. The molecule has 3 rings (SSSR count). The van der Waals surface area contributed by atoms with E-state index in [4.69, 9.17) is 15.8 Å². The molecule has 3 aromatic rings. The van der Waals surface area contributed by atoms with E-state index < -0.39 is 15.0 Å². The second-order valence-corrected chi connectivity index (χ2v) is 6.69. The fraction of sp³-hybridized carbons (Fsp3) is 0. The molecule has 24 heavy (non-hydrogen) atoms. The second kappa shape index (κ2) is 6.06. The summed E-state index contributed by atoms with van der Waals surface area (Å²) in [6, 6.07) is 10.8. The number of rotatable bonds is 4. The van der Waals surface area contributed by atoms with Crippen molar-refractivity contribution in [2.75, 3.05) is 0 Å². The van der Waals surface area contributed by atoms with Crippen molar-refractivity contribution in [2.24, 2.45) is 0 Å². The van der Waals surface area contributed by atoms with Gasteiger partial charge in [-0.15, -0.1) is 0 Å². The van der Waals surface area contributed by atoms with Crippen LogP contribution in [0.15, 0.2) is 59.6 Å². The molecule has 0 N–H and O–H groups in total. The van der Waals surface area contributed by atoms with Crippen molar-refractivity contribution in [2.45, 2.75) is 4.90 Å². The van der Waals surface area contributed by atoms with Crippen LogP contribution in [0.3, 0.4) is 0 Å². The number of aromatic nitrogens is 1. The number of halogens is 1. The molecule has 0 amide bonds. The van der Waals surface area contributed by atoms with Crippen molar-refractivity contribution in [1.29, 1.82) is 0 Å². The summed E-state index contributed by atoms with van der Waals surface area (Å²) in [5, 5.41) is 11.7. The van der Waals surface area contributed by atoms with E-state index in [9.17, 15) is 18.5 Å². The van der Waals surface area contributed by atoms with Gasteiger partial charge in [-0.1, -0.05) is 17.7 Å². The first kappa shape index (κ1) is 16.2. The smallest absolute Gasteiger partial charge is 0.339 e. The SMILES string of the molecule is O=[N+]([O-])c1cccc(S(=O)(=O)Oc2ccc(Cl)c3cccnc23)c1. The Morgan fingerprint density at radius 3 is 2.67 bits per heavy atom. The summed E-state index contributed by atoms with van der Waals surface area (Å²) in [4.78, 5) is 13.9. The first-order valence-corrected chi connectivity index (χ1v) is 8.39. The summed E-state index contributed by atoms with van der Waals surface area (Å²) in [6.07, 6.45) is 1.48. The molecule has 0 spiro atoms. The predicted octanol–water partition coefficient (Wildman–Crippen LogP) is 3.56. The van der Waals surface area contributed by atoms with Gasteiger partial charge in [0.25, 0.3) is 5.69 Å². The number of hydrogen-bond acceptors (Lipinski definition) is 6. The minimum Gasteiger partial charge on any atom is -0.377 e. The molecule has 0 bridgehead atoms. The minimum atomic E-state index is -4.26.